The SMILES string of the molecule is CCCc1nnc(NC(=O)C2CC(=O)N(c3ccccc3OC)C2)s1. The number of carbonyl (C=O) groups excluding carboxylic acids is 2. The number of hydrogen-bond acceptors (Lipinski definition) is 6. The van der Waals surface area contributed by atoms with Crippen molar-refractivity contribution >= 4 is 34.0 Å². The summed E-state index contributed by atoms with van der Waals surface area (Å²) < 4.78 is 5.31. The molecule has 1 aliphatic rings. The third kappa shape index (κ3) is 3.79. The van der Waals surface area contributed by atoms with Crippen LogP contribution in [0.3, 0.4) is 0 Å². The molecule has 1 aliphatic heterocycles. The average molecular weight is 360 g/mol. The van der Waals surface area contributed by atoms with Crippen LogP contribution < -0.4 is 15.0 Å². The molecule has 25 heavy (non-hydrogen) atoms. The Morgan fingerprint density at radius 1 is 1.40 bits per heavy atom. The molecule has 1 unspecified atom stereocenters. The van der Waals surface area contributed by atoms with Gasteiger partial charge in [0.1, 0.15) is 10.8 Å². The zero-order valence-corrected chi connectivity index (χ0v) is 15.0. The zero-order valence-electron chi connectivity index (χ0n) is 14.2. The normalized spacial score (nSPS) is 17.0. The smallest absolute Gasteiger partial charge is 0.231 e. The number of nitrogens with zero attached hydrogens (tertiary/aromatic N) is 3. The van der Waals surface area contributed by atoms with Crippen LogP contribution >= 0.6 is 11.3 Å². The van der Waals surface area contributed by atoms with E-state index in [1.807, 2.05) is 18.2 Å². The van der Waals surface area contributed by atoms with E-state index in [2.05, 4.69) is 22.4 Å². The van der Waals surface area contributed by atoms with Crippen molar-refractivity contribution in [3.05, 3.63) is 29.3 Å². The molecule has 0 radical (unpaired) electrons. The number of rotatable bonds is 6. The van der Waals surface area contributed by atoms with Crippen molar-refractivity contribution in [3.8, 4) is 5.75 Å². The van der Waals surface area contributed by atoms with Crippen molar-refractivity contribution in [3.63, 3.8) is 0 Å². The number of carbonyl (C=O) groups is 2. The summed E-state index contributed by atoms with van der Waals surface area (Å²) in [4.78, 5) is 26.4. The largest absolute Gasteiger partial charge is 0.495 e. The van der Waals surface area contributed by atoms with Crippen LogP contribution in [0, 0.1) is 5.92 Å². The van der Waals surface area contributed by atoms with Crippen LogP contribution in [0.15, 0.2) is 24.3 Å². The van der Waals surface area contributed by atoms with Gasteiger partial charge >= 0.3 is 0 Å². The highest BCUT2D eigenvalue weighted by molar-refractivity contribution is 7.15. The molecule has 0 bridgehead atoms. The third-order valence-corrected chi connectivity index (χ3v) is 4.93. The van der Waals surface area contributed by atoms with Crippen LogP contribution in [0.5, 0.6) is 5.75 Å². The molecule has 2 amide bonds. The van der Waals surface area contributed by atoms with E-state index in [0.717, 1.165) is 17.8 Å². The van der Waals surface area contributed by atoms with Gasteiger partial charge in [0.25, 0.3) is 0 Å². The zero-order chi connectivity index (χ0) is 17.8. The van der Waals surface area contributed by atoms with Crippen LogP contribution in [0.4, 0.5) is 10.8 Å². The minimum atomic E-state index is -0.420. The van der Waals surface area contributed by atoms with Crippen molar-refractivity contribution in [2.24, 2.45) is 5.92 Å². The first-order chi connectivity index (χ1) is 12.1. The fraction of sp³-hybridized carbons (Fsp3) is 0.412. The highest BCUT2D eigenvalue weighted by Gasteiger charge is 2.36. The Bertz CT molecular complexity index is 777. The molecule has 3 rings (SSSR count). The fourth-order valence-electron chi connectivity index (χ4n) is 2.80. The highest BCUT2D eigenvalue weighted by Crippen LogP contribution is 2.33. The van der Waals surface area contributed by atoms with Gasteiger partial charge in [0.05, 0.1) is 18.7 Å². The van der Waals surface area contributed by atoms with E-state index in [9.17, 15) is 9.59 Å². The maximum Gasteiger partial charge on any atom is 0.231 e. The van der Waals surface area contributed by atoms with Gasteiger partial charge in [0.2, 0.25) is 16.9 Å². The van der Waals surface area contributed by atoms with Crippen LogP contribution in [0.25, 0.3) is 0 Å². The molecule has 2 heterocycles. The van der Waals surface area contributed by atoms with Crippen molar-refractivity contribution in [2.45, 2.75) is 26.2 Å². The number of amides is 2. The predicted molar refractivity (Wildman–Crippen MR) is 96.0 cm³/mol. The van der Waals surface area contributed by atoms with E-state index in [-0.39, 0.29) is 18.2 Å². The molecule has 132 valence electrons. The molecular weight excluding hydrogens is 340 g/mol. The molecule has 0 aliphatic carbocycles. The number of anilines is 2. The van der Waals surface area contributed by atoms with Gasteiger partial charge in [-0.1, -0.05) is 30.4 Å². The minimum absolute atomic E-state index is 0.0893. The lowest BCUT2D eigenvalue weighted by Gasteiger charge is -2.19. The van der Waals surface area contributed by atoms with E-state index in [0.29, 0.717) is 23.1 Å². The fourth-order valence-corrected chi connectivity index (χ4v) is 3.64. The number of aromatic nitrogens is 2. The molecule has 1 atom stereocenters. The first-order valence-corrected chi connectivity index (χ1v) is 9.00. The number of ether oxygens (including phenoxy) is 1. The summed E-state index contributed by atoms with van der Waals surface area (Å²) in [6.07, 6.45) is 2.00. The number of para-hydroxylation sites is 2. The molecule has 8 heteroatoms. The highest BCUT2D eigenvalue weighted by atomic mass is 32.1. The third-order valence-electron chi connectivity index (χ3n) is 4.03. The standard InChI is InChI=1S/C17H20N4O3S/c1-3-6-14-19-20-17(25-14)18-16(23)11-9-15(22)21(10-11)12-7-4-5-8-13(12)24-2/h4-5,7-8,11H,3,6,9-10H2,1-2H3,(H,18,20,23). The predicted octanol–water partition coefficient (Wildman–Crippen LogP) is 2.49. The Morgan fingerprint density at radius 2 is 2.20 bits per heavy atom. The van der Waals surface area contributed by atoms with Crippen LogP contribution in [-0.4, -0.2) is 35.7 Å². The van der Waals surface area contributed by atoms with Crippen LogP contribution in [0.2, 0.25) is 0 Å². The molecule has 1 N–H and O–H groups in total. The van der Waals surface area contributed by atoms with Crippen molar-refractivity contribution in [2.75, 3.05) is 23.9 Å². The average Bonchev–Trinajstić information content (AvgIpc) is 3.21. The number of aryl methyl sites for hydroxylation is 1. The van der Waals surface area contributed by atoms with Gasteiger partial charge in [-0.2, -0.15) is 0 Å². The molecule has 1 aromatic heterocycles. The van der Waals surface area contributed by atoms with Gasteiger partial charge in [-0.05, 0) is 18.6 Å². The number of benzene rings is 1. The van der Waals surface area contributed by atoms with E-state index >= 15 is 0 Å². The monoisotopic (exact) mass is 360 g/mol. The van der Waals surface area contributed by atoms with Crippen molar-refractivity contribution in [1.29, 1.82) is 0 Å². The van der Waals surface area contributed by atoms with Gasteiger partial charge in [-0.25, -0.2) is 0 Å². The lowest BCUT2D eigenvalue weighted by molar-refractivity contribution is -0.122. The molecule has 0 spiro atoms. The van der Waals surface area contributed by atoms with Crippen LogP contribution in [0.1, 0.15) is 24.8 Å². The van der Waals surface area contributed by atoms with Gasteiger partial charge in [-0.3, -0.25) is 9.59 Å². The van der Waals surface area contributed by atoms with Gasteiger partial charge in [0, 0.05) is 19.4 Å². The Balaban J connectivity index is 1.68. The molecule has 1 aromatic carbocycles. The Kier molecular flexibility index (Phi) is 5.28. The summed E-state index contributed by atoms with van der Waals surface area (Å²) in [6.45, 7) is 2.39. The second-order valence-electron chi connectivity index (χ2n) is 5.82. The van der Waals surface area contributed by atoms with E-state index in [1.165, 1.54) is 11.3 Å². The molecule has 2 aromatic rings. The van der Waals surface area contributed by atoms with Crippen LogP contribution in [-0.2, 0) is 16.0 Å². The number of nitrogens with one attached hydrogen (secondary N) is 1. The maximum atomic E-state index is 12.5. The molecule has 1 fully saturated rings. The summed E-state index contributed by atoms with van der Waals surface area (Å²) in [7, 11) is 1.56. The second kappa shape index (κ2) is 7.60. The molecule has 1 saturated heterocycles. The summed E-state index contributed by atoms with van der Waals surface area (Å²) in [5.41, 5.74) is 0.687. The van der Waals surface area contributed by atoms with Crippen molar-refractivity contribution < 1.29 is 14.3 Å². The molecular formula is C17H20N4O3S. The summed E-state index contributed by atoms with van der Waals surface area (Å²) >= 11 is 1.38. The lowest BCUT2D eigenvalue weighted by atomic mass is 10.1. The molecule has 0 saturated carbocycles. The van der Waals surface area contributed by atoms with E-state index in [1.54, 1.807) is 18.1 Å². The van der Waals surface area contributed by atoms with Crippen molar-refractivity contribution in [1.82, 2.24) is 10.2 Å². The minimum Gasteiger partial charge on any atom is -0.495 e. The lowest BCUT2D eigenvalue weighted by Crippen LogP contribution is -2.28. The summed E-state index contributed by atoms with van der Waals surface area (Å²) in [5, 5.41) is 12.2. The Labute approximate surface area is 150 Å². The summed E-state index contributed by atoms with van der Waals surface area (Å²) in [6, 6.07) is 7.30. The Morgan fingerprint density at radius 3 is 2.96 bits per heavy atom. The first-order valence-electron chi connectivity index (χ1n) is 8.19. The topological polar surface area (TPSA) is 84.4 Å². The molecule has 7 nitrogen and oxygen atoms in total. The van der Waals surface area contributed by atoms with Gasteiger partial charge < -0.3 is 15.0 Å². The van der Waals surface area contributed by atoms with E-state index in [4.69, 9.17) is 4.74 Å². The maximum absolute atomic E-state index is 12.5. The summed E-state index contributed by atoms with van der Waals surface area (Å²) in [5.74, 6) is -0.0975. The Hall–Kier alpha value is -2.48. The number of hydrogen-bond donors (Lipinski definition) is 1. The van der Waals surface area contributed by atoms with E-state index < -0.39 is 5.92 Å². The van der Waals surface area contributed by atoms with Gasteiger partial charge in [0.15, 0.2) is 0 Å². The van der Waals surface area contributed by atoms with Gasteiger partial charge in [-0.15, -0.1) is 10.2 Å². The quantitative estimate of drug-likeness (QED) is 0.855. The number of methoxy groups -OCH3 is 1. The first kappa shape index (κ1) is 17.3. The second-order valence-corrected chi connectivity index (χ2v) is 6.88.